The third-order valence-electron chi connectivity index (χ3n) is 3.62. The maximum absolute atomic E-state index is 13.8. The topological polar surface area (TPSA) is 84.9 Å². The molecule has 0 bridgehead atoms. The zero-order valence-electron chi connectivity index (χ0n) is 14.3. The summed E-state index contributed by atoms with van der Waals surface area (Å²) < 4.78 is 24.0. The van der Waals surface area contributed by atoms with Crippen LogP contribution >= 0.6 is 0 Å². The van der Waals surface area contributed by atoms with Crippen LogP contribution in [0.15, 0.2) is 48.5 Å². The molecule has 1 atom stereocenters. The molecule has 0 aliphatic carbocycles. The van der Waals surface area contributed by atoms with Gasteiger partial charge in [0.05, 0.1) is 13.7 Å². The van der Waals surface area contributed by atoms with Gasteiger partial charge in [-0.2, -0.15) is 0 Å². The van der Waals surface area contributed by atoms with Gasteiger partial charge in [0.25, 0.3) is 0 Å². The fourth-order valence-electron chi connectivity index (χ4n) is 2.32. The molecule has 0 saturated heterocycles. The normalized spacial score (nSPS) is 11.5. The fraction of sp³-hybridized carbons (Fsp3) is 0.263. The Hall–Kier alpha value is -3.09. The Labute approximate surface area is 150 Å². The van der Waals surface area contributed by atoms with E-state index in [4.69, 9.17) is 9.47 Å². The van der Waals surface area contributed by atoms with Crippen LogP contribution in [0, 0.1) is 5.82 Å². The molecule has 0 fully saturated rings. The summed E-state index contributed by atoms with van der Waals surface area (Å²) >= 11 is 0. The lowest BCUT2D eigenvalue weighted by molar-refractivity contribution is -0.142. The number of aliphatic carboxylic acids is 1. The van der Waals surface area contributed by atoms with Crippen LogP contribution < -0.4 is 14.8 Å². The number of benzene rings is 2. The zero-order chi connectivity index (χ0) is 18.9. The maximum Gasteiger partial charge on any atom is 0.330 e. The second-order valence-electron chi connectivity index (χ2n) is 5.50. The molecule has 1 unspecified atom stereocenters. The number of amides is 1. The van der Waals surface area contributed by atoms with E-state index in [0.29, 0.717) is 18.8 Å². The molecular formula is C19H20FNO5. The van der Waals surface area contributed by atoms with Crippen molar-refractivity contribution in [3.05, 3.63) is 59.9 Å². The van der Waals surface area contributed by atoms with Crippen molar-refractivity contribution in [1.82, 2.24) is 5.32 Å². The summed E-state index contributed by atoms with van der Waals surface area (Å²) in [7, 11) is 1.31. The van der Waals surface area contributed by atoms with Crippen LogP contribution in [0.2, 0.25) is 0 Å². The summed E-state index contributed by atoms with van der Waals surface area (Å²) in [5.41, 5.74) is 0.129. The summed E-state index contributed by atoms with van der Waals surface area (Å²) in [4.78, 5) is 23.4. The van der Waals surface area contributed by atoms with Gasteiger partial charge in [0.15, 0.2) is 17.6 Å². The van der Waals surface area contributed by atoms with Crippen molar-refractivity contribution in [3.63, 3.8) is 0 Å². The Bertz CT molecular complexity index is 751. The quantitative estimate of drug-likeness (QED) is 0.671. The number of halogens is 1. The maximum atomic E-state index is 13.8. The van der Waals surface area contributed by atoms with Crippen LogP contribution in [0.1, 0.15) is 24.4 Å². The molecular weight excluding hydrogens is 341 g/mol. The highest BCUT2D eigenvalue weighted by Crippen LogP contribution is 2.22. The SMILES string of the molecule is COc1ccc(C(NC(=O)CCCOc2ccccc2)C(=O)O)cc1F. The van der Waals surface area contributed by atoms with E-state index in [2.05, 4.69) is 5.32 Å². The third-order valence-corrected chi connectivity index (χ3v) is 3.62. The molecule has 0 aromatic heterocycles. The van der Waals surface area contributed by atoms with Gasteiger partial charge in [-0.15, -0.1) is 0 Å². The van der Waals surface area contributed by atoms with E-state index in [9.17, 15) is 19.1 Å². The lowest BCUT2D eigenvalue weighted by Gasteiger charge is -2.16. The fourth-order valence-corrected chi connectivity index (χ4v) is 2.32. The summed E-state index contributed by atoms with van der Waals surface area (Å²) in [5.74, 6) is -1.72. The molecule has 7 heteroatoms. The van der Waals surface area contributed by atoms with E-state index in [1.54, 1.807) is 12.1 Å². The van der Waals surface area contributed by atoms with Crippen molar-refractivity contribution in [2.45, 2.75) is 18.9 Å². The van der Waals surface area contributed by atoms with Crippen LogP contribution in [0.25, 0.3) is 0 Å². The summed E-state index contributed by atoms with van der Waals surface area (Å²) in [6, 6.07) is 11.6. The van der Waals surface area contributed by atoms with Crippen LogP contribution in [-0.4, -0.2) is 30.7 Å². The third kappa shape index (κ3) is 5.47. The lowest BCUT2D eigenvalue weighted by atomic mass is 10.1. The molecule has 1 amide bonds. The van der Waals surface area contributed by atoms with E-state index in [1.807, 2.05) is 18.2 Å². The predicted molar refractivity (Wildman–Crippen MR) is 92.6 cm³/mol. The van der Waals surface area contributed by atoms with Crippen molar-refractivity contribution in [2.24, 2.45) is 0 Å². The molecule has 0 spiro atoms. The molecule has 0 aliphatic heterocycles. The number of ether oxygens (including phenoxy) is 2. The van der Waals surface area contributed by atoms with Crippen LogP contribution in [0.5, 0.6) is 11.5 Å². The number of hydrogen-bond donors (Lipinski definition) is 2. The minimum Gasteiger partial charge on any atom is -0.494 e. The zero-order valence-corrected chi connectivity index (χ0v) is 14.3. The van der Waals surface area contributed by atoms with Gasteiger partial charge in [0.1, 0.15) is 5.75 Å². The Morgan fingerprint density at radius 3 is 2.54 bits per heavy atom. The lowest BCUT2D eigenvalue weighted by Crippen LogP contribution is -2.33. The van der Waals surface area contributed by atoms with Gasteiger partial charge in [-0.1, -0.05) is 24.3 Å². The predicted octanol–water partition coefficient (Wildman–Crippen LogP) is 2.94. The molecule has 2 rings (SSSR count). The van der Waals surface area contributed by atoms with Gasteiger partial charge in [0, 0.05) is 6.42 Å². The smallest absolute Gasteiger partial charge is 0.330 e. The average molecular weight is 361 g/mol. The number of hydrogen-bond acceptors (Lipinski definition) is 4. The minimum absolute atomic E-state index is 0.00211. The van der Waals surface area contributed by atoms with Gasteiger partial charge >= 0.3 is 5.97 Å². The van der Waals surface area contributed by atoms with Gasteiger partial charge in [-0.3, -0.25) is 4.79 Å². The molecule has 2 aromatic carbocycles. The van der Waals surface area contributed by atoms with Crippen LogP contribution in [-0.2, 0) is 9.59 Å². The summed E-state index contributed by atoms with van der Waals surface area (Å²) in [5, 5.41) is 11.7. The minimum atomic E-state index is -1.34. The molecule has 2 N–H and O–H groups in total. The first-order chi connectivity index (χ1) is 12.5. The first-order valence-electron chi connectivity index (χ1n) is 8.04. The molecule has 0 heterocycles. The standard InChI is InChI=1S/C19H20FNO5/c1-25-16-10-9-13(12-15(16)20)18(19(23)24)21-17(22)8-5-11-26-14-6-3-2-4-7-14/h2-4,6-7,9-10,12,18H,5,8,11H2,1H3,(H,21,22)(H,23,24). The highest BCUT2D eigenvalue weighted by Gasteiger charge is 2.23. The monoisotopic (exact) mass is 361 g/mol. The van der Waals surface area contributed by atoms with Gasteiger partial charge in [0.2, 0.25) is 5.91 Å². The number of carbonyl (C=O) groups excluding carboxylic acids is 1. The largest absolute Gasteiger partial charge is 0.494 e. The van der Waals surface area contributed by atoms with E-state index in [1.165, 1.54) is 19.2 Å². The van der Waals surface area contributed by atoms with Gasteiger partial charge in [-0.05, 0) is 36.2 Å². The molecule has 2 aromatic rings. The second-order valence-corrected chi connectivity index (χ2v) is 5.50. The summed E-state index contributed by atoms with van der Waals surface area (Å²) in [6.07, 6.45) is 0.513. The van der Waals surface area contributed by atoms with Crippen LogP contribution in [0.3, 0.4) is 0 Å². The number of rotatable bonds is 9. The molecule has 0 aliphatic rings. The van der Waals surface area contributed by atoms with Crippen molar-refractivity contribution < 1.29 is 28.6 Å². The molecule has 138 valence electrons. The average Bonchev–Trinajstić information content (AvgIpc) is 2.64. The first-order valence-corrected chi connectivity index (χ1v) is 8.04. The molecule has 26 heavy (non-hydrogen) atoms. The van der Waals surface area contributed by atoms with Crippen LogP contribution in [0.4, 0.5) is 4.39 Å². The Balaban J connectivity index is 1.87. The summed E-state index contributed by atoms with van der Waals surface area (Å²) in [6.45, 7) is 0.326. The first kappa shape index (κ1) is 19.2. The number of carboxylic acids is 1. The van der Waals surface area contributed by atoms with Crippen molar-refractivity contribution in [1.29, 1.82) is 0 Å². The van der Waals surface area contributed by atoms with Gasteiger partial charge < -0.3 is 19.9 Å². The Morgan fingerprint density at radius 2 is 1.92 bits per heavy atom. The second kappa shape index (κ2) is 9.41. The Kier molecular flexibility index (Phi) is 6.96. The number of nitrogens with one attached hydrogen (secondary N) is 1. The van der Waals surface area contributed by atoms with E-state index < -0.39 is 23.7 Å². The molecule has 0 radical (unpaired) electrons. The molecule has 6 nitrogen and oxygen atoms in total. The van der Waals surface area contributed by atoms with E-state index >= 15 is 0 Å². The van der Waals surface area contributed by atoms with Crippen molar-refractivity contribution in [3.8, 4) is 11.5 Å². The highest BCUT2D eigenvalue weighted by atomic mass is 19.1. The Morgan fingerprint density at radius 1 is 1.19 bits per heavy atom. The van der Waals surface area contributed by atoms with E-state index in [0.717, 1.165) is 6.07 Å². The van der Waals surface area contributed by atoms with Crippen molar-refractivity contribution in [2.75, 3.05) is 13.7 Å². The van der Waals surface area contributed by atoms with E-state index in [-0.39, 0.29) is 17.7 Å². The number of carbonyl (C=O) groups is 2. The number of para-hydroxylation sites is 1. The number of methoxy groups -OCH3 is 1. The molecule has 0 saturated carbocycles. The highest BCUT2D eigenvalue weighted by molar-refractivity contribution is 5.84. The van der Waals surface area contributed by atoms with Crippen molar-refractivity contribution >= 4 is 11.9 Å². The number of carboxylic acid groups (broad SMARTS) is 1. The van der Waals surface area contributed by atoms with Gasteiger partial charge in [-0.25, -0.2) is 9.18 Å².